The van der Waals surface area contributed by atoms with Crippen LogP contribution in [-0.2, 0) is 9.47 Å². The van der Waals surface area contributed by atoms with Crippen molar-refractivity contribution >= 4 is 23.6 Å². The number of ether oxygens (including phenoxy) is 2. The van der Waals surface area contributed by atoms with E-state index in [0.29, 0.717) is 18.8 Å². The first-order chi connectivity index (χ1) is 11.7. The third-order valence-corrected chi connectivity index (χ3v) is 4.38. The molecule has 3 atom stereocenters. The molecule has 2 aliphatic heterocycles. The van der Waals surface area contributed by atoms with Crippen LogP contribution in [0, 0.1) is 5.92 Å². The highest BCUT2D eigenvalue weighted by molar-refractivity contribution is 5.90. The molecule has 0 spiro atoms. The molecular formula is C17H24N4O4. The van der Waals surface area contributed by atoms with E-state index >= 15 is 0 Å². The fraction of sp³-hybridized carbons (Fsp3) is 0.588. The molecule has 1 aromatic rings. The summed E-state index contributed by atoms with van der Waals surface area (Å²) >= 11 is 0. The molecule has 1 aromatic heterocycles. The van der Waals surface area contributed by atoms with Crippen molar-refractivity contribution in [3.8, 4) is 0 Å². The first kappa shape index (κ1) is 17.3. The van der Waals surface area contributed by atoms with E-state index in [1.54, 1.807) is 33.2 Å². The molecule has 0 radical (unpaired) electrons. The van der Waals surface area contributed by atoms with E-state index in [-0.39, 0.29) is 12.0 Å². The minimum absolute atomic E-state index is 0.0442. The molecule has 3 rings (SSSR count). The Bertz CT molecular complexity index is 687. The SMILES string of the molecule is C[C@H]1CN(c2ccncc2N)C[C@@H]2C1OC(=O)N2C(=O)OC(C)(C)C. The molecule has 2 N–H and O–H groups in total. The fourth-order valence-electron chi connectivity index (χ4n) is 3.37. The van der Waals surface area contributed by atoms with Crippen LogP contribution in [0.1, 0.15) is 27.7 Å². The number of fused-ring (bicyclic) bond motifs is 1. The van der Waals surface area contributed by atoms with Crippen LogP contribution in [0.2, 0.25) is 0 Å². The first-order valence-corrected chi connectivity index (χ1v) is 8.34. The zero-order valence-corrected chi connectivity index (χ0v) is 14.9. The molecule has 1 unspecified atom stereocenters. The van der Waals surface area contributed by atoms with Crippen LogP contribution in [-0.4, -0.2) is 52.9 Å². The van der Waals surface area contributed by atoms with Gasteiger partial charge >= 0.3 is 12.2 Å². The number of anilines is 2. The Morgan fingerprint density at radius 3 is 2.76 bits per heavy atom. The normalized spacial score (nSPS) is 26.2. The van der Waals surface area contributed by atoms with E-state index in [1.165, 1.54) is 0 Å². The Balaban J connectivity index is 1.86. The van der Waals surface area contributed by atoms with Crippen molar-refractivity contribution < 1.29 is 19.1 Å². The minimum atomic E-state index is -0.690. The lowest BCUT2D eigenvalue weighted by Gasteiger charge is -2.40. The quantitative estimate of drug-likeness (QED) is 0.831. The molecule has 2 amide bonds. The molecule has 0 saturated carbocycles. The van der Waals surface area contributed by atoms with Crippen molar-refractivity contribution in [2.75, 3.05) is 23.7 Å². The molecule has 0 aromatic carbocycles. The summed E-state index contributed by atoms with van der Waals surface area (Å²) in [5.41, 5.74) is 6.74. The Labute approximate surface area is 146 Å². The smallest absolute Gasteiger partial charge is 0.420 e. The highest BCUT2D eigenvalue weighted by atomic mass is 16.6. The van der Waals surface area contributed by atoms with Gasteiger partial charge in [-0.25, -0.2) is 14.5 Å². The summed E-state index contributed by atoms with van der Waals surface area (Å²) in [4.78, 5) is 31.9. The van der Waals surface area contributed by atoms with Crippen LogP contribution in [0.5, 0.6) is 0 Å². The maximum absolute atomic E-state index is 12.5. The van der Waals surface area contributed by atoms with Gasteiger partial charge in [0.1, 0.15) is 17.7 Å². The number of hydrogen-bond acceptors (Lipinski definition) is 7. The Morgan fingerprint density at radius 1 is 1.40 bits per heavy atom. The van der Waals surface area contributed by atoms with Crippen molar-refractivity contribution in [3.63, 3.8) is 0 Å². The van der Waals surface area contributed by atoms with Crippen LogP contribution in [0.15, 0.2) is 18.5 Å². The van der Waals surface area contributed by atoms with Gasteiger partial charge in [0.2, 0.25) is 0 Å². The maximum atomic E-state index is 12.5. The van der Waals surface area contributed by atoms with Gasteiger partial charge in [-0.2, -0.15) is 0 Å². The molecule has 8 heteroatoms. The molecular weight excluding hydrogens is 324 g/mol. The molecule has 3 heterocycles. The summed E-state index contributed by atoms with van der Waals surface area (Å²) in [6.07, 6.45) is 1.58. The Hall–Kier alpha value is -2.51. The standard InChI is InChI=1S/C17H24N4O4/c1-10-8-20(12-5-6-19-7-11(12)18)9-13-14(10)24-15(22)21(13)16(23)25-17(2,3)4/h5-7,10,13-14H,8-9,18H2,1-4H3/t10-,13+,14?/m0/s1. The van der Waals surface area contributed by atoms with Gasteiger partial charge in [0.25, 0.3) is 0 Å². The lowest BCUT2D eigenvalue weighted by molar-refractivity contribution is 0.0275. The van der Waals surface area contributed by atoms with Gasteiger partial charge in [0.05, 0.1) is 17.6 Å². The predicted octanol–water partition coefficient (Wildman–Crippen LogP) is 2.24. The average molecular weight is 348 g/mol. The second-order valence-electron chi connectivity index (χ2n) is 7.58. The second kappa shape index (κ2) is 6.09. The number of nitrogen functional groups attached to an aromatic ring is 1. The number of nitrogens with zero attached hydrogens (tertiary/aromatic N) is 3. The minimum Gasteiger partial charge on any atom is -0.443 e. The van der Waals surface area contributed by atoms with E-state index in [2.05, 4.69) is 9.88 Å². The molecule has 0 bridgehead atoms. The van der Waals surface area contributed by atoms with Crippen LogP contribution < -0.4 is 10.6 Å². The zero-order valence-electron chi connectivity index (χ0n) is 14.9. The molecule has 2 fully saturated rings. The lowest BCUT2D eigenvalue weighted by atomic mass is 9.92. The number of imide groups is 1. The van der Waals surface area contributed by atoms with Crippen LogP contribution in [0.4, 0.5) is 21.0 Å². The van der Waals surface area contributed by atoms with Gasteiger partial charge in [0.15, 0.2) is 0 Å². The van der Waals surface area contributed by atoms with E-state index in [4.69, 9.17) is 15.2 Å². The first-order valence-electron chi connectivity index (χ1n) is 8.34. The largest absolute Gasteiger partial charge is 0.443 e. The van der Waals surface area contributed by atoms with Crippen LogP contribution in [0.25, 0.3) is 0 Å². The monoisotopic (exact) mass is 348 g/mol. The van der Waals surface area contributed by atoms with Crippen molar-refractivity contribution in [2.24, 2.45) is 5.92 Å². The summed E-state index contributed by atoms with van der Waals surface area (Å²) in [7, 11) is 0. The molecule has 25 heavy (non-hydrogen) atoms. The number of piperidine rings is 1. The van der Waals surface area contributed by atoms with Crippen molar-refractivity contribution in [1.29, 1.82) is 0 Å². The molecule has 136 valence electrons. The van der Waals surface area contributed by atoms with Gasteiger partial charge in [-0.15, -0.1) is 0 Å². The van der Waals surface area contributed by atoms with E-state index < -0.39 is 23.8 Å². The number of nitrogens with two attached hydrogens (primary N) is 1. The molecule has 2 aliphatic rings. The number of rotatable bonds is 1. The third kappa shape index (κ3) is 3.33. The van der Waals surface area contributed by atoms with Crippen LogP contribution >= 0.6 is 0 Å². The summed E-state index contributed by atoms with van der Waals surface area (Å²) in [5, 5.41) is 0. The number of pyridine rings is 1. The van der Waals surface area contributed by atoms with Crippen molar-refractivity contribution in [3.05, 3.63) is 18.5 Å². The summed E-state index contributed by atoms with van der Waals surface area (Å²) in [6, 6.07) is 1.41. The third-order valence-electron chi connectivity index (χ3n) is 4.38. The summed E-state index contributed by atoms with van der Waals surface area (Å²) in [6.45, 7) is 8.39. The molecule has 2 saturated heterocycles. The number of aromatic nitrogens is 1. The number of hydrogen-bond donors (Lipinski definition) is 1. The Morgan fingerprint density at radius 2 is 2.12 bits per heavy atom. The Kier molecular flexibility index (Phi) is 4.22. The summed E-state index contributed by atoms with van der Waals surface area (Å²) in [5.74, 6) is 0.0442. The van der Waals surface area contributed by atoms with Gasteiger partial charge in [-0.1, -0.05) is 6.92 Å². The lowest BCUT2D eigenvalue weighted by Crippen LogP contribution is -2.56. The maximum Gasteiger partial charge on any atom is 0.420 e. The van der Waals surface area contributed by atoms with E-state index in [0.717, 1.165) is 10.6 Å². The van der Waals surface area contributed by atoms with Crippen molar-refractivity contribution in [1.82, 2.24) is 9.88 Å². The van der Waals surface area contributed by atoms with Gasteiger partial charge < -0.3 is 20.1 Å². The van der Waals surface area contributed by atoms with Gasteiger partial charge in [-0.05, 0) is 26.8 Å². The molecule has 8 nitrogen and oxygen atoms in total. The fourth-order valence-corrected chi connectivity index (χ4v) is 3.37. The van der Waals surface area contributed by atoms with Crippen LogP contribution in [0.3, 0.4) is 0 Å². The van der Waals surface area contributed by atoms with E-state index in [9.17, 15) is 9.59 Å². The highest BCUT2D eigenvalue weighted by Crippen LogP contribution is 2.35. The highest BCUT2D eigenvalue weighted by Gasteiger charge is 2.52. The van der Waals surface area contributed by atoms with Crippen molar-refractivity contribution in [2.45, 2.75) is 45.4 Å². The topological polar surface area (TPSA) is 98.0 Å². The van der Waals surface area contributed by atoms with Gasteiger partial charge in [0, 0.05) is 25.2 Å². The van der Waals surface area contributed by atoms with Gasteiger partial charge in [-0.3, -0.25) is 4.98 Å². The number of amides is 2. The number of carbonyl (C=O) groups excluding carboxylic acids is 2. The van der Waals surface area contributed by atoms with E-state index in [1.807, 2.05) is 13.0 Å². The number of carbonyl (C=O) groups is 2. The molecule has 0 aliphatic carbocycles. The predicted molar refractivity (Wildman–Crippen MR) is 92.2 cm³/mol. The zero-order chi connectivity index (χ0) is 18.4. The second-order valence-corrected chi connectivity index (χ2v) is 7.58. The summed E-state index contributed by atoms with van der Waals surface area (Å²) < 4.78 is 10.8. The average Bonchev–Trinajstić information content (AvgIpc) is 2.82.